The lowest BCUT2D eigenvalue weighted by Gasteiger charge is -2.34. The highest BCUT2D eigenvalue weighted by molar-refractivity contribution is 4.82. The van der Waals surface area contributed by atoms with E-state index in [2.05, 4.69) is 33.1 Å². The van der Waals surface area contributed by atoms with E-state index in [-0.39, 0.29) is 0 Å². The summed E-state index contributed by atoms with van der Waals surface area (Å²) in [6.45, 7) is 9.36. The minimum atomic E-state index is 0.389. The Morgan fingerprint density at radius 1 is 1.12 bits per heavy atom. The van der Waals surface area contributed by atoms with Gasteiger partial charge < -0.3 is 0 Å². The normalized spacial score (nSPS) is 23.1. The fourth-order valence-corrected chi connectivity index (χ4v) is 2.84. The molecule has 0 spiro atoms. The van der Waals surface area contributed by atoms with E-state index in [1.54, 1.807) is 0 Å². The minimum absolute atomic E-state index is 0.389. The molecule has 1 aliphatic rings. The second kappa shape index (κ2) is 6.75. The molecular weight excluding hydrogens is 208 g/mol. The molecule has 2 heteroatoms. The number of rotatable bonds is 4. The van der Waals surface area contributed by atoms with Gasteiger partial charge in [0.2, 0.25) is 0 Å². The van der Waals surface area contributed by atoms with E-state index in [4.69, 9.17) is 5.84 Å². The molecule has 0 aromatic rings. The zero-order valence-electron chi connectivity index (χ0n) is 12.3. The Labute approximate surface area is 108 Å². The largest absolute Gasteiger partial charge is 0.271 e. The molecule has 17 heavy (non-hydrogen) atoms. The maximum atomic E-state index is 5.80. The Balaban J connectivity index is 2.51. The summed E-state index contributed by atoms with van der Waals surface area (Å²) in [6, 6.07) is 0.516. The molecule has 1 aliphatic carbocycles. The molecule has 0 radical (unpaired) electrons. The van der Waals surface area contributed by atoms with Gasteiger partial charge in [0.05, 0.1) is 0 Å². The van der Waals surface area contributed by atoms with E-state index in [1.807, 2.05) is 0 Å². The highest BCUT2D eigenvalue weighted by atomic mass is 15.2. The fraction of sp³-hybridized carbons (Fsp3) is 1.00. The van der Waals surface area contributed by atoms with Gasteiger partial charge >= 0.3 is 0 Å². The van der Waals surface area contributed by atoms with Crippen LogP contribution in [0, 0.1) is 17.3 Å². The molecule has 3 N–H and O–H groups in total. The van der Waals surface area contributed by atoms with Gasteiger partial charge in [-0.1, -0.05) is 53.4 Å². The van der Waals surface area contributed by atoms with Crippen molar-refractivity contribution in [2.45, 2.75) is 78.7 Å². The summed E-state index contributed by atoms with van der Waals surface area (Å²) in [7, 11) is 0. The van der Waals surface area contributed by atoms with Gasteiger partial charge in [-0.2, -0.15) is 0 Å². The Hall–Kier alpha value is -0.0800. The van der Waals surface area contributed by atoms with Gasteiger partial charge in [0.1, 0.15) is 0 Å². The van der Waals surface area contributed by atoms with Crippen LogP contribution in [0.1, 0.15) is 72.6 Å². The minimum Gasteiger partial charge on any atom is -0.271 e. The Bertz CT molecular complexity index is 199. The standard InChI is InChI=1S/C15H32N2/c1-12(15(2,3)4)11-14(17-16)13-9-7-5-6-8-10-13/h12-14,17H,5-11,16H2,1-4H3. The van der Waals surface area contributed by atoms with Crippen molar-refractivity contribution in [3.8, 4) is 0 Å². The second-order valence-corrected chi connectivity index (χ2v) is 7.03. The average molecular weight is 240 g/mol. The molecule has 0 aromatic heterocycles. The average Bonchev–Trinajstić information content (AvgIpc) is 2.52. The number of hydrogen-bond donors (Lipinski definition) is 2. The smallest absolute Gasteiger partial charge is 0.0241 e. The molecule has 1 rings (SSSR count). The van der Waals surface area contributed by atoms with Crippen molar-refractivity contribution in [3.05, 3.63) is 0 Å². The summed E-state index contributed by atoms with van der Waals surface area (Å²) >= 11 is 0. The van der Waals surface area contributed by atoms with Crippen molar-refractivity contribution in [3.63, 3.8) is 0 Å². The number of hydrazine groups is 1. The van der Waals surface area contributed by atoms with Crippen LogP contribution in [0.4, 0.5) is 0 Å². The molecule has 0 saturated heterocycles. The summed E-state index contributed by atoms with van der Waals surface area (Å²) in [4.78, 5) is 0. The topological polar surface area (TPSA) is 38.0 Å². The summed E-state index contributed by atoms with van der Waals surface area (Å²) < 4.78 is 0. The first-order valence-electron chi connectivity index (χ1n) is 7.41. The van der Waals surface area contributed by atoms with E-state index in [9.17, 15) is 0 Å². The number of nitrogens with one attached hydrogen (secondary N) is 1. The first kappa shape index (κ1) is 15.0. The molecule has 0 heterocycles. The monoisotopic (exact) mass is 240 g/mol. The zero-order valence-corrected chi connectivity index (χ0v) is 12.3. The molecule has 1 saturated carbocycles. The van der Waals surface area contributed by atoms with Gasteiger partial charge in [0, 0.05) is 6.04 Å². The molecule has 2 unspecified atom stereocenters. The highest BCUT2D eigenvalue weighted by Crippen LogP contribution is 2.33. The molecule has 0 aromatic carbocycles. The summed E-state index contributed by atoms with van der Waals surface area (Å²) in [5, 5.41) is 0. The van der Waals surface area contributed by atoms with Crippen LogP contribution in [-0.4, -0.2) is 6.04 Å². The van der Waals surface area contributed by atoms with Gasteiger partial charge in [-0.3, -0.25) is 11.3 Å². The van der Waals surface area contributed by atoms with Gasteiger partial charge in [-0.05, 0) is 36.5 Å². The van der Waals surface area contributed by atoms with Crippen LogP contribution in [0.2, 0.25) is 0 Å². The van der Waals surface area contributed by atoms with E-state index in [1.165, 1.54) is 44.9 Å². The van der Waals surface area contributed by atoms with Crippen molar-refractivity contribution in [1.82, 2.24) is 5.43 Å². The van der Waals surface area contributed by atoms with Gasteiger partial charge in [0.25, 0.3) is 0 Å². The van der Waals surface area contributed by atoms with E-state index < -0.39 is 0 Å². The zero-order chi connectivity index (χ0) is 12.9. The van der Waals surface area contributed by atoms with Crippen molar-refractivity contribution in [2.24, 2.45) is 23.1 Å². The second-order valence-electron chi connectivity index (χ2n) is 7.03. The van der Waals surface area contributed by atoms with E-state index >= 15 is 0 Å². The Kier molecular flexibility index (Phi) is 5.94. The van der Waals surface area contributed by atoms with Crippen LogP contribution >= 0.6 is 0 Å². The van der Waals surface area contributed by atoms with Crippen LogP contribution in [0.15, 0.2) is 0 Å². The lowest BCUT2D eigenvalue weighted by atomic mass is 9.75. The summed E-state index contributed by atoms with van der Waals surface area (Å²) in [5.41, 5.74) is 3.49. The number of hydrogen-bond acceptors (Lipinski definition) is 2. The first-order valence-corrected chi connectivity index (χ1v) is 7.41. The van der Waals surface area contributed by atoms with Gasteiger partial charge in [-0.25, -0.2) is 0 Å². The third-order valence-electron chi connectivity index (χ3n) is 4.77. The predicted molar refractivity (Wildman–Crippen MR) is 75.5 cm³/mol. The lowest BCUT2D eigenvalue weighted by molar-refractivity contribution is 0.190. The van der Waals surface area contributed by atoms with Gasteiger partial charge in [0.15, 0.2) is 0 Å². The first-order chi connectivity index (χ1) is 7.95. The Morgan fingerprint density at radius 2 is 1.65 bits per heavy atom. The van der Waals surface area contributed by atoms with Crippen molar-refractivity contribution in [1.29, 1.82) is 0 Å². The third kappa shape index (κ3) is 4.97. The van der Waals surface area contributed by atoms with Crippen molar-refractivity contribution in [2.75, 3.05) is 0 Å². The van der Waals surface area contributed by atoms with Crippen molar-refractivity contribution >= 4 is 0 Å². The molecule has 2 atom stereocenters. The van der Waals surface area contributed by atoms with Crippen LogP contribution in [0.5, 0.6) is 0 Å². The maximum Gasteiger partial charge on any atom is 0.0241 e. The molecule has 0 bridgehead atoms. The fourth-order valence-electron chi connectivity index (χ4n) is 2.84. The summed E-state index contributed by atoms with van der Waals surface area (Å²) in [5.74, 6) is 7.31. The van der Waals surface area contributed by atoms with Crippen LogP contribution in [-0.2, 0) is 0 Å². The van der Waals surface area contributed by atoms with Crippen LogP contribution in [0.25, 0.3) is 0 Å². The maximum absolute atomic E-state index is 5.80. The summed E-state index contributed by atoms with van der Waals surface area (Å²) in [6.07, 6.45) is 9.58. The molecular formula is C15H32N2. The lowest BCUT2D eigenvalue weighted by Crippen LogP contribution is -2.43. The highest BCUT2D eigenvalue weighted by Gasteiger charge is 2.28. The SMILES string of the molecule is CC(CC(NN)C1CCCCCC1)C(C)(C)C. The molecule has 1 fully saturated rings. The molecule has 0 aliphatic heterocycles. The number of nitrogens with two attached hydrogens (primary N) is 1. The third-order valence-corrected chi connectivity index (χ3v) is 4.77. The molecule has 102 valence electrons. The van der Waals surface area contributed by atoms with Crippen molar-refractivity contribution < 1.29 is 0 Å². The van der Waals surface area contributed by atoms with Crippen LogP contribution < -0.4 is 11.3 Å². The quantitative estimate of drug-likeness (QED) is 0.445. The predicted octanol–water partition coefficient (Wildman–Crippen LogP) is 3.86. The molecule has 0 amide bonds. The van der Waals surface area contributed by atoms with Gasteiger partial charge in [-0.15, -0.1) is 0 Å². The Morgan fingerprint density at radius 3 is 2.06 bits per heavy atom. The molecule has 2 nitrogen and oxygen atoms in total. The van der Waals surface area contributed by atoms with E-state index in [0.29, 0.717) is 17.4 Å². The van der Waals surface area contributed by atoms with Crippen LogP contribution in [0.3, 0.4) is 0 Å². The van der Waals surface area contributed by atoms with E-state index in [0.717, 1.165) is 5.92 Å².